The van der Waals surface area contributed by atoms with Crippen LogP contribution in [0.3, 0.4) is 0 Å². The molecule has 2 aromatic carbocycles. The van der Waals surface area contributed by atoms with Gasteiger partial charge in [0.25, 0.3) is 0 Å². The molecule has 1 aliphatic heterocycles. The van der Waals surface area contributed by atoms with Gasteiger partial charge < -0.3 is 15.5 Å². The molecule has 1 fully saturated rings. The second-order valence-electron chi connectivity index (χ2n) is 7.10. The van der Waals surface area contributed by atoms with Crippen molar-refractivity contribution in [3.63, 3.8) is 0 Å². The summed E-state index contributed by atoms with van der Waals surface area (Å²) in [6, 6.07) is 15.7. The maximum Gasteiger partial charge on any atom is 0.191 e. The number of anilines is 1. The van der Waals surface area contributed by atoms with E-state index in [2.05, 4.69) is 57.8 Å². The van der Waals surface area contributed by atoms with Crippen molar-refractivity contribution in [2.24, 2.45) is 10.9 Å². The van der Waals surface area contributed by atoms with Crippen molar-refractivity contribution < 1.29 is 4.39 Å². The second-order valence-corrected chi connectivity index (χ2v) is 7.10. The first kappa shape index (κ1) is 19.2. The highest BCUT2D eigenvalue weighted by molar-refractivity contribution is 5.79. The molecule has 0 amide bonds. The maximum atomic E-state index is 13.4. The van der Waals surface area contributed by atoms with Crippen LogP contribution in [0.5, 0.6) is 0 Å². The van der Waals surface area contributed by atoms with Crippen LogP contribution >= 0.6 is 0 Å². The van der Waals surface area contributed by atoms with E-state index < -0.39 is 0 Å². The Kier molecular flexibility index (Phi) is 6.69. The van der Waals surface area contributed by atoms with Gasteiger partial charge in [-0.05, 0) is 55.5 Å². The van der Waals surface area contributed by atoms with E-state index in [1.165, 1.54) is 18.2 Å². The Morgan fingerprint density at radius 3 is 2.74 bits per heavy atom. The van der Waals surface area contributed by atoms with Gasteiger partial charge in [-0.25, -0.2) is 9.38 Å². The lowest BCUT2D eigenvalue weighted by Crippen LogP contribution is -2.40. The van der Waals surface area contributed by atoms with Crippen LogP contribution in [0, 0.1) is 18.7 Å². The molecule has 0 radical (unpaired) electrons. The zero-order valence-electron chi connectivity index (χ0n) is 16.2. The van der Waals surface area contributed by atoms with E-state index in [0.29, 0.717) is 18.0 Å². The Bertz CT molecular complexity index is 760. The smallest absolute Gasteiger partial charge is 0.191 e. The van der Waals surface area contributed by atoms with E-state index in [1.54, 1.807) is 13.0 Å². The van der Waals surface area contributed by atoms with Gasteiger partial charge >= 0.3 is 0 Å². The predicted molar refractivity (Wildman–Crippen MR) is 111 cm³/mol. The first-order valence-corrected chi connectivity index (χ1v) is 9.73. The molecule has 0 saturated carbocycles. The monoisotopic (exact) mass is 368 g/mol. The molecule has 0 spiro atoms. The number of benzene rings is 2. The molecule has 1 saturated heterocycles. The zero-order valence-corrected chi connectivity index (χ0v) is 16.2. The SMILES string of the molecule is CCNC(=NCc1ccc(F)c(C)c1)NCC1CCN(c2ccccc2)C1. The lowest BCUT2D eigenvalue weighted by Gasteiger charge is -2.19. The molecule has 2 aromatic rings. The van der Waals surface area contributed by atoms with Crippen molar-refractivity contribution in [3.05, 3.63) is 65.5 Å². The molecule has 27 heavy (non-hydrogen) atoms. The van der Waals surface area contributed by atoms with Gasteiger partial charge in [-0.15, -0.1) is 0 Å². The summed E-state index contributed by atoms with van der Waals surface area (Å²) in [6.45, 7) is 8.26. The number of hydrogen-bond donors (Lipinski definition) is 2. The summed E-state index contributed by atoms with van der Waals surface area (Å²) in [5.74, 6) is 1.25. The summed E-state index contributed by atoms with van der Waals surface area (Å²) in [4.78, 5) is 7.09. The van der Waals surface area contributed by atoms with E-state index in [9.17, 15) is 4.39 Å². The third-order valence-electron chi connectivity index (χ3n) is 4.95. The Labute approximate surface area is 161 Å². The Balaban J connectivity index is 1.53. The fourth-order valence-corrected chi connectivity index (χ4v) is 3.43. The highest BCUT2D eigenvalue weighted by Gasteiger charge is 2.22. The normalized spacial score (nSPS) is 17.2. The molecule has 144 valence electrons. The highest BCUT2D eigenvalue weighted by atomic mass is 19.1. The second kappa shape index (κ2) is 9.40. The summed E-state index contributed by atoms with van der Waals surface area (Å²) in [7, 11) is 0. The third kappa shape index (κ3) is 5.46. The van der Waals surface area contributed by atoms with Gasteiger partial charge in [0.1, 0.15) is 5.82 Å². The molecule has 2 N–H and O–H groups in total. The van der Waals surface area contributed by atoms with Gasteiger partial charge in [0.15, 0.2) is 5.96 Å². The molecular formula is C22H29FN4. The topological polar surface area (TPSA) is 39.7 Å². The Morgan fingerprint density at radius 1 is 1.19 bits per heavy atom. The largest absolute Gasteiger partial charge is 0.371 e. The molecule has 1 aliphatic rings. The predicted octanol–water partition coefficient (Wildman–Crippen LogP) is 3.72. The molecule has 0 bridgehead atoms. The van der Waals surface area contributed by atoms with Crippen molar-refractivity contribution in [2.45, 2.75) is 26.8 Å². The average Bonchev–Trinajstić information content (AvgIpc) is 3.16. The quantitative estimate of drug-likeness (QED) is 0.603. The number of halogens is 1. The number of nitrogens with zero attached hydrogens (tertiary/aromatic N) is 2. The number of nitrogens with one attached hydrogen (secondary N) is 2. The van der Waals surface area contributed by atoms with Crippen LogP contribution in [0.1, 0.15) is 24.5 Å². The zero-order chi connectivity index (χ0) is 19.1. The van der Waals surface area contributed by atoms with E-state index in [-0.39, 0.29) is 5.82 Å². The van der Waals surface area contributed by atoms with E-state index in [0.717, 1.165) is 37.7 Å². The molecule has 1 heterocycles. The van der Waals surface area contributed by atoms with Gasteiger partial charge in [-0.3, -0.25) is 0 Å². The van der Waals surface area contributed by atoms with E-state index in [4.69, 9.17) is 0 Å². The Hall–Kier alpha value is -2.56. The van der Waals surface area contributed by atoms with Crippen LogP contribution in [-0.2, 0) is 6.54 Å². The average molecular weight is 369 g/mol. The Morgan fingerprint density at radius 2 is 2.00 bits per heavy atom. The van der Waals surface area contributed by atoms with Gasteiger partial charge in [0, 0.05) is 31.9 Å². The standard InChI is InChI=1S/C22H29FN4/c1-3-24-22(25-14-18-9-10-21(23)17(2)13-18)26-15-19-11-12-27(16-19)20-7-5-4-6-8-20/h4-10,13,19H,3,11-12,14-16H2,1-2H3,(H2,24,25,26). The first-order chi connectivity index (χ1) is 13.2. The van der Waals surface area contributed by atoms with E-state index >= 15 is 0 Å². The fourth-order valence-electron chi connectivity index (χ4n) is 3.43. The summed E-state index contributed by atoms with van der Waals surface area (Å²) < 4.78 is 13.4. The summed E-state index contributed by atoms with van der Waals surface area (Å²) >= 11 is 0. The lowest BCUT2D eigenvalue weighted by atomic mass is 10.1. The fraction of sp³-hybridized carbons (Fsp3) is 0.409. The van der Waals surface area contributed by atoms with Crippen LogP contribution in [-0.4, -0.2) is 32.1 Å². The van der Waals surface area contributed by atoms with Crippen LogP contribution in [0.4, 0.5) is 10.1 Å². The van der Waals surface area contributed by atoms with Crippen molar-refractivity contribution >= 4 is 11.6 Å². The lowest BCUT2D eigenvalue weighted by molar-refractivity contribution is 0.566. The summed E-state index contributed by atoms with van der Waals surface area (Å²) in [5, 5.41) is 6.77. The molecular weight excluding hydrogens is 339 g/mol. The minimum absolute atomic E-state index is 0.169. The third-order valence-corrected chi connectivity index (χ3v) is 4.95. The van der Waals surface area contributed by atoms with Gasteiger partial charge in [0.05, 0.1) is 6.54 Å². The first-order valence-electron chi connectivity index (χ1n) is 9.73. The molecule has 3 rings (SSSR count). The number of para-hydroxylation sites is 1. The van der Waals surface area contributed by atoms with Crippen molar-refractivity contribution in [3.8, 4) is 0 Å². The molecule has 4 nitrogen and oxygen atoms in total. The minimum atomic E-state index is -0.169. The number of aliphatic imine (C=N–C) groups is 1. The highest BCUT2D eigenvalue weighted by Crippen LogP contribution is 2.22. The van der Waals surface area contributed by atoms with Gasteiger partial charge in [0.2, 0.25) is 0 Å². The molecule has 0 aliphatic carbocycles. The summed E-state index contributed by atoms with van der Waals surface area (Å²) in [5.41, 5.74) is 2.97. The molecule has 0 aromatic heterocycles. The number of guanidine groups is 1. The number of rotatable bonds is 6. The van der Waals surface area contributed by atoms with Crippen molar-refractivity contribution in [1.82, 2.24) is 10.6 Å². The molecule has 1 unspecified atom stereocenters. The van der Waals surface area contributed by atoms with Gasteiger partial charge in [-0.2, -0.15) is 0 Å². The van der Waals surface area contributed by atoms with Crippen LogP contribution in [0.15, 0.2) is 53.5 Å². The van der Waals surface area contributed by atoms with E-state index in [1.807, 2.05) is 6.07 Å². The minimum Gasteiger partial charge on any atom is -0.371 e. The number of hydrogen-bond acceptors (Lipinski definition) is 2. The van der Waals surface area contributed by atoms with Crippen LogP contribution in [0.2, 0.25) is 0 Å². The molecule has 1 atom stereocenters. The molecule has 5 heteroatoms. The van der Waals surface area contributed by atoms with Gasteiger partial charge in [-0.1, -0.05) is 30.3 Å². The summed E-state index contributed by atoms with van der Waals surface area (Å²) in [6.07, 6.45) is 1.18. The van der Waals surface area contributed by atoms with Crippen LogP contribution in [0.25, 0.3) is 0 Å². The van der Waals surface area contributed by atoms with Crippen LogP contribution < -0.4 is 15.5 Å². The van der Waals surface area contributed by atoms with Crippen molar-refractivity contribution in [1.29, 1.82) is 0 Å². The number of aryl methyl sites for hydroxylation is 1. The maximum absolute atomic E-state index is 13.4. The van der Waals surface area contributed by atoms with Crippen molar-refractivity contribution in [2.75, 3.05) is 31.1 Å².